The van der Waals surface area contributed by atoms with Crippen molar-refractivity contribution in [3.63, 3.8) is 0 Å². The lowest BCUT2D eigenvalue weighted by molar-refractivity contribution is 0.158. The first-order valence-electron chi connectivity index (χ1n) is 11.2. The molecule has 0 spiro atoms. The predicted octanol–water partition coefficient (Wildman–Crippen LogP) is 6.95. The zero-order valence-corrected chi connectivity index (χ0v) is 18.7. The molecule has 0 fully saturated rings. The zero-order valence-electron chi connectivity index (χ0n) is 18.0. The van der Waals surface area contributed by atoms with Crippen LogP contribution in [0.2, 0.25) is 0 Å². The van der Waals surface area contributed by atoms with Gasteiger partial charge in [0.25, 0.3) is 0 Å². The highest BCUT2D eigenvalue weighted by molar-refractivity contribution is 6.19. The van der Waals surface area contributed by atoms with Crippen LogP contribution < -0.4 is 10.6 Å². The number of amides is 1. The van der Waals surface area contributed by atoms with Crippen LogP contribution in [-0.4, -0.2) is 25.1 Å². The van der Waals surface area contributed by atoms with Crippen molar-refractivity contribution < 1.29 is 9.53 Å². The summed E-state index contributed by atoms with van der Waals surface area (Å²) in [5.41, 5.74) is 7.81. The van der Waals surface area contributed by atoms with E-state index >= 15 is 0 Å². The number of fused-ring (bicyclic) bond motifs is 6. The molecule has 1 atom stereocenters. The van der Waals surface area contributed by atoms with Crippen LogP contribution in [0.25, 0.3) is 21.9 Å². The minimum Gasteiger partial charge on any atom is -0.448 e. The van der Waals surface area contributed by atoms with E-state index in [1.165, 1.54) is 27.8 Å². The maximum atomic E-state index is 12.9. The van der Waals surface area contributed by atoms with E-state index < -0.39 is 6.09 Å². The van der Waals surface area contributed by atoms with Gasteiger partial charge in [-0.3, -0.25) is 5.32 Å². The summed E-state index contributed by atoms with van der Waals surface area (Å²) in [5.74, 6) is 0.851. The summed E-state index contributed by atoms with van der Waals surface area (Å²) >= 11 is 6.21. The fourth-order valence-electron chi connectivity index (χ4n) is 5.30. The summed E-state index contributed by atoms with van der Waals surface area (Å²) in [7, 11) is 0. The SMILES string of the molecule is O=C(Nc1cc2c(c3ccccc13)C(CCl)CN2)OCC1c2ccccc2-c2ccccc21. The molecule has 6 rings (SSSR count). The Morgan fingerprint density at radius 2 is 1.58 bits per heavy atom. The van der Waals surface area contributed by atoms with Crippen LogP contribution in [0, 0.1) is 0 Å². The first-order chi connectivity index (χ1) is 16.2. The summed E-state index contributed by atoms with van der Waals surface area (Å²) in [4.78, 5) is 12.9. The van der Waals surface area contributed by atoms with Gasteiger partial charge in [0, 0.05) is 35.3 Å². The molecule has 1 heterocycles. The molecular formula is C28H23ClN2O2. The van der Waals surface area contributed by atoms with Crippen molar-refractivity contribution in [1.29, 1.82) is 0 Å². The Morgan fingerprint density at radius 3 is 2.27 bits per heavy atom. The molecule has 4 nitrogen and oxygen atoms in total. The Kier molecular flexibility index (Phi) is 4.96. The summed E-state index contributed by atoms with van der Waals surface area (Å²) < 4.78 is 5.76. The first kappa shape index (κ1) is 20.1. The molecule has 1 unspecified atom stereocenters. The first-order valence-corrected chi connectivity index (χ1v) is 11.8. The van der Waals surface area contributed by atoms with Gasteiger partial charge in [-0.15, -0.1) is 11.6 Å². The Hall–Kier alpha value is -3.50. The van der Waals surface area contributed by atoms with Crippen LogP contribution in [0.4, 0.5) is 16.2 Å². The third-order valence-corrected chi connectivity index (χ3v) is 7.17. The number of alkyl halides is 1. The topological polar surface area (TPSA) is 50.4 Å². The molecule has 0 radical (unpaired) electrons. The van der Waals surface area contributed by atoms with Gasteiger partial charge in [0.2, 0.25) is 0 Å². The molecule has 33 heavy (non-hydrogen) atoms. The molecule has 0 aromatic heterocycles. The second-order valence-corrected chi connectivity index (χ2v) is 8.92. The number of nitrogens with one attached hydrogen (secondary N) is 2. The van der Waals surface area contributed by atoms with Crippen molar-refractivity contribution in [2.75, 3.05) is 29.7 Å². The Balaban J connectivity index is 1.26. The standard InChI is InChI=1S/C28H23ClN2O2/c29-14-17-15-30-26-13-25(22-11-5-6-12-23(22)27(17)26)31-28(32)33-16-24-20-9-3-1-7-18(20)19-8-2-4-10-21(19)24/h1-13,17,24,30H,14-16H2,(H,31,32). The van der Waals surface area contributed by atoms with Crippen molar-refractivity contribution in [3.05, 3.63) is 95.6 Å². The van der Waals surface area contributed by atoms with E-state index in [2.05, 4.69) is 41.0 Å². The van der Waals surface area contributed by atoms with Crippen molar-refractivity contribution in [2.24, 2.45) is 0 Å². The quantitative estimate of drug-likeness (QED) is 0.328. The maximum Gasteiger partial charge on any atom is 0.411 e. The monoisotopic (exact) mass is 454 g/mol. The zero-order chi connectivity index (χ0) is 22.4. The van der Waals surface area contributed by atoms with Crippen LogP contribution in [-0.2, 0) is 4.74 Å². The Bertz CT molecular complexity index is 1340. The number of ether oxygens (including phenoxy) is 1. The second-order valence-electron chi connectivity index (χ2n) is 8.61. The van der Waals surface area contributed by atoms with Crippen molar-refractivity contribution >= 4 is 39.8 Å². The van der Waals surface area contributed by atoms with Crippen molar-refractivity contribution in [1.82, 2.24) is 0 Å². The number of carbonyl (C=O) groups excluding carboxylic acids is 1. The van der Waals surface area contributed by atoms with Crippen LogP contribution in [0.3, 0.4) is 0 Å². The van der Waals surface area contributed by atoms with Gasteiger partial charge in [-0.05, 0) is 39.3 Å². The minimum absolute atomic E-state index is 0.0334. The third-order valence-electron chi connectivity index (χ3n) is 6.80. The van der Waals surface area contributed by atoms with E-state index in [0.717, 1.165) is 28.7 Å². The van der Waals surface area contributed by atoms with E-state index in [9.17, 15) is 4.79 Å². The number of benzene rings is 4. The normalized spacial score (nSPS) is 16.1. The highest BCUT2D eigenvalue weighted by Gasteiger charge is 2.29. The predicted molar refractivity (Wildman–Crippen MR) is 135 cm³/mol. The fourth-order valence-corrected chi connectivity index (χ4v) is 5.56. The minimum atomic E-state index is -0.450. The molecule has 1 aliphatic heterocycles. The van der Waals surface area contributed by atoms with E-state index in [1.54, 1.807) is 0 Å². The van der Waals surface area contributed by atoms with E-state index in [4.69, 9.17) is 16.3 Å². The Labute approximate surface area is 197 Å². The van der Waals surface area contributed by atoms with Crippen LogP contribution in [0.1, 0.15) is 28.5 Å². The summed E-state index contributed by atoms with van der Waals surface area (Å²) in [5, 5.41) is 8.51. The van der Waals surface area contributed by atoms with Crippen molar-refractivity contribution in [2.45, 2.75) is 11.8 Å². The van der Waals surface area contributed by atoms with Crippen LogP contribution in [0.5, 0.6) is 0 Å². The average Bonchev–Trinajstić information content (AvgIpc) is 3.42. The van der Waals surface area contributed by atoms with Gasteiger partial charge >= 0.3 is 6.09 Å². The number of halogens is 1. The van der Waals surface area contributed by atoms with E-state index in [0.29, 0.717) is 5.88 Å². The fraction of sp³-hybridized carbons (Fsp3) is 0.179. The number of hydrogen-bond donors (Lipinski definition) is 2. The molecule has 2 N–H and O–H groups in total. The summed E-state index contributed by atoms with van der Waals surface area (Å²) in [6, 6.07) is 26.8. The largest absolute Gasteiger partial charge is 0.448 e. The average molecular weight is 455 g/mol. The van der Waals surface area contributed by atoms with Gasteiger partial charge in [0.15, 0.2) is 0 Å². The number of carbonyl (C=O) groups is 1. The highest BCUT2D eigenvalue weighted by Crippen LogP contribution is 2.45. The second kappa shape index (κ2) is 8.13. The number of hydrogen-bond acceptors (Lipinski definition) is 3. The van der Waals surface area contributed by atoms with Gasteiger partial charge < -0.3 is 10.1 Å². The van der Waals surface area contributed by atoms with E-state index in [1.807, 2.05) is 48.5 Å². The van der Waals surface area contributed by atoms with Gasteiger partial charge in [-0.2, -0.15) is 0 Å². The third kappa shape index (κ3) is 3.33. The lowest BCUT2D eigenvalue weighted by Gasteiger charge is -2.17. The van der Waals surface area contributed by atoms with Crippen LogP contribution >= 0.6 is 11.6 Å². The number of rotatable bonds is 4. The molecule has 5 heteroatoms. The summed E-state index contributed by atoms with van der Waals surface area (Å²) in [6.07, 6.45) is -0.450. The molecule has 0 bridgehead atoms. The maximum absolute atomic E-state index is 12.9. The molecule has 0 saturated carbocycles. The van der Waals surface area contributed by atoms with Gasteiger partial charge in [0.1, 0.15) is 6.61 Å². The Morgan fingerprint density at radius 1 is 0.939 bits per heavy atom. The number of anilines is 2. The molecule has 4 aromatic carbocycles. The molecule has 1 aliphatic carbocycles. The highest BCUT2D eigenvalue weighted by atomic mass is 35.5. The molecule has 4 aromatic rings. The van der Waals surface area contributed by atoms with Gasteiger partial charge in [-0.1, -0.05) is 72.8 Å². The van der Waals surface area contributed by atoms with E-state index in [-0.39, 0.29) is 18.4 Å². The molecule has 0 saturated heterocycles. The molecule has 2 aliphatic rings. The van der Waals surface area contributed by atoms with Crippen molar-refractivity contribution in [3.8, 4) is 11.1 Å². The smallest absolute Gasteiger partial charge is 0.411 e. The lowest BCUT2D eigenvalue weighted by Crippen LogP contribution is -2.18. The lowest BCUT2D eigenvalue weighted by atomic mass is 9.95. The molecule has 164 valence electrons. The van der Waals surface area contributed by atoms with Gasteiger partial charge in [-0.25, -0.2) is 4.79 Å². The summed E-state index contributed by atoms with van der Waals surface area (Å²) in [6.45, 7) is 1.09. The molecular weight excluding hydrogens is 432 g/mol. The van der Waals surface area contributed by atoms with Crippen LogP contribution in [0.15, 0.2) is 78.9 Å². The molecule has 1 amide bonds. The van der Waals surface area contributed by atoms with Gasteiger partial charge in [0.05, 0.1) is 5.69 Å².